The molecule has 18 heavy (non-hydrogen) atoms. The number of hydrogen-bond donors (Lipinski definition) is 1. The first kappa shape index (κ1) is 17.7. The first-order valence-corrected chi connectivity index (χ1v) is 8.07. The van der Waals surface area contributed by atoms with Crippen LogP contribution in [0.1, 0.15) is 72.1 Å². The van der Waals surface area contributed by atoms with Crippen molar-refractivity contribution in [3.8, 4) is 0 Å². The molecule has 0 saturated carbocycles. The van der Waals surface area contributed by atoms with Crippen LogP contribution in [0, 0.1) is 11.8 Å². The zero-order valence-electron chi connectivity index (χ0n) is 13.2. The van der Waals surface area contributed by atoms with Gasteiger partial charge in [0.1, 0.15) is 0 Å². The maximum absolute atomic E-state index is 3.28. The average molecular weight is 253 g/mol. The minimum absolute atomic E-state index is 0.813. The molecule has 0 heterocycles. The summed E-state index contributed by atoms with van der Waals surface area (Å²) < 4.78 is 0. The molecule has 0 spiro atoms. The molecule has 1 heteroatoms. The van der Waals surface area contributed by atoms with E-state index in [2.05, 4.69) is 38.2 Å². The Hall–Kier alpha value is -0.300. The summed E-state index contributed by atoms with van der Waals surface area (Å²) in [6.45, 7) is 8.05. The Morgan fingerprint density at radius 3 is 2.06 bits per heavy atom. The highest BCUT2D eigenvalue weighted by molar-refractivity contribution is 4.85. The summed E-state index contributed by atoms with van der Waals surface area (Å²) in [4.78, 5) is 0. The lowest BCUT2D eigenvalue weighted by Crippen LogP contribution is -2.17. The highest BCUT2D eigenvalue weighted by Crippen LogP contribution is 2.19. The second-order valence-electron chi connectivity index (χ2n) is 5.56. The van der Waals surface area contributed by atoms with Crippen LogP contribution in [0.15, 0.2) is 12.2 Å². The van der Waals surface area contributed by atoms with Crippen molar-refractivity contribution in [2.24, 2.45) is 11.8 Å². The van der Waals surface area contributed by atoms with Gasteiger partial charge in [0.2, 0.25) is 0 Å². The molecule has 0 rings (SSSR count). The third kappa shape index (κ3) is 9.70. The number of rotatable bonds is 12. The summed E-state index contributed by atoms with van der Waals surface area (Å²) in [7, 11) is 2.05. The van der Waals surface area contributed by atoms with Crippen LogP contribution in [0.25, 0.3) is 0 Å². The Labute approximate surface area is 115 Å². The molecule has 1 atom stereocenters. The largest absolute Gasteiger partial charge is 0.319 e. The van der Waals surface area contributed by atoms with Gasteiger partial charge in [0.25, 0.3) is 0 Å². The van der Waals surface area contributed by atoms with Gasteiger partial charge in [0.15, 0.2) is 0 Å². The molecule has 0 amide bonds. The van der Waals surface area contributed by atoms with Gasteiger partial charge < -0.3 is 5.32 Å². The molecule has 0 aliphatic heterocycles. The SMILES string of the molecule is CCCC(CCC)CCC=CCC(CC)CNC. The molecule has 0 aliphatic rings. The Morgan fingerprint density at radius 2 is 1.56 bits per heavy atom. The van der Waals surface area contributed by atoms with E-state index in [4.69, 9.17) is 0 Å². The van der Waals surface area contributed by atoms with E-state index in [9.17, 15) is 0 Å². The van der Waals surface area contributed by atoms with E-state index in [-0.39, 0.29) is 0 Å². The van der Waals surface area contributed by atoms with E-state index in [1.54, 1.807) is 0 Å². The molecule has 108 valence electrons. The van der Waals surface area contributed by atoms with E-state index in [0.717, 1.165) is 18.4 Å². The van der Waals surface area contributed by atoms with Gasteiger partial charge in [-0.2, -0.15) is 0 Å². The molecule has 0 aromatic rings. The summed E-state index contributed by atoms with van der Waals surface area (Å²) >= 11 is 0. The summed E-state index contributed by atoms with van der Waals surface area (Å²) in [5.74, 6) is 1.78. The fourth-order valence-corrected chi connectivity index (χ4v) is 2.67. The van der Waals surface area contributed by atoms with Gasteiger partial charge >= 0.3 is 0 Å². The predicted molar refractivity (Wildman–Crippen MR) is 84.0 cm³/mol. The van der Waals surface area contributed by atoms with Crippen molar-refractivity contribution in [2.75, 3.05) is 13.6 Å². The number of allylic oxidation sites excluding steroid dienone is 2. The van der Waals surface area contributed by atoms with Crippen LogP contribution in [-0.2, 0) is 0 Å². The van der Waals surface area contributed by atoms with Gasteiger partial charge in [0, 0.05) is 0 Å². The van der Waals surface area contributed by atoms with Gasteiger partial charge in [-0.1, -0.05) is 65.0 Å². The van der Waals surface area contributed by atoms with E-state index in [1.807, 2.05) is 7.05 Å². The molecular formula is C17H35N. The minimum Gasteiger partial charge on any atom is -0.319 e. The van der Waals surface area contributed by atoms with Crippen molar-refractivity contribution >= 4 is 0 Å². The van der Waals surface area contributed by atoms with Crippen molar-refractivity contribution in [1.82, 2.24) is 5.32 Å². The topological polar surface area (TPSA) is 12.0 Å². The monoisotopic (exact) mass is 253 g/mol. The van der Waals surface area contributed by atoms with Crippen LogP contribution in [0.3, 0.4) is 0 Å². The van der Waals surface area contributed by atoms with E-state index < -0.39 is 0 Å². The summed E-state index contributed by atoms with van der Waals surface area (Å²) in [6, 6.07) is 0. The fraction of sp³-hybridized carbons (Fsp3) is 0.882. The fourth-order valence-electron chi connectivity index (χ4n) is 2.67. The average Bonchev–Trinajstić information content (AvgIpc) is 2.37. The van der Waals surface area contributed by atoms with Crippen molar-refractivity contribution in [2.45, 2.75) is 72.1 Å². The van der Waals surface area contributed by atoms with Gasteiger partial charge in [-0.3, -0.25) is 0 Å². The summed E-state index contributed by atoms with van der Waals surface area (Å²) in [6.07, 6.45) is 15.5. The first-order valence-electron chi connectivity index (χ1n) is 8.07. The van der Waals surface area contributed by atoms with E-state index in [0.29, 0.717) is 0 Å². The van der Waals surface area contributed by atoms with Crippen LogP contribution in [0.2, 0.25) is 0 Å². The highest BCUT2D eigenvalue weighted by Gasteiger charge is 2.05. The Morgan fingerprint density at radius 1 is 0.889 bits per heavy atom. The third-order valence-corrected chi connectivity index (χ3v) is 3.84. The van der Waals surface area contributed by atoms with Crippen LogP contribution in [0.4, 0.5) is 0 Å². The minimum atomic E-state index is 0.813. The number of nitrogens with one attached hydrogen (secondary N) is 1. The molecule has 1 unspecified atom stereocenters. The van der Waals surface area contributed by atoms with E-state index in [1.165, 1.54) is 51.4 Å². The van der Waals surface area contributed by atoms with Gasteiger partial charge in [-0.05, 0) is 44.7 Å². The summed E-state index contributed by atoms with van der Waals surface area (Å²) in [5.41, 5.74) is 0. The lowest BCUT2D eigenvalue weighted by atomic mass is 9.93. The highest BCUT2D eigenvalue weighted by atomic mass is 14.8. The predicted octanol–water partition coefficient (Wildman–Crippen LogP) is 5.17. The van der Waals surface area contributed by atoms with Gasteiger partial charge in [-0.15, -0.1) is 0 Å². The van der Waals surface area contributed by atoms with Gasteiger partial charge in [-0.25, -0.2) is 0 Å². The smallest absolute Gasteiger partial charge is 0.00207 e. The molecule has 0 saturated heterocycles. The quantitative estimate of drug-likeness (QED) is 0.473. The molecule has 0 bridgehead atoms. The second kappa shape index (κ2) is 13.1. The first-order chi connectivity index (χ1) is 8.78. The normalized spacial score (nSPS) is 13.6. The zero-order chi connectivity index (χ0) is 13.6. The maximum Gasteiger partial charge on any atom is -0.00207 e. The lowest BCUT2D eigenvalue weighted by Gasteiger charge is -2.14. The molecule has 0 aliphatic carbocycles. The molecular weight excluding hydrogens is 218 g/mol. The van der Waals surface area contributed by atoms with E-state index >= 15 is 0 Å². The van der Waals surface area contributed by atoms with Crippen LogP contribution >= 0.6 is 0 Å². The van der Waals surface area contributed by atoms with Crippen molar-refractivity contribution < 1.29 is 0 Å². The lowest BCUT2D eigenvalue weighted by molar-refractivity contribution is 0.414. The van der Waals surface area contributed by atoms with Crippen LogP contribution in [-0.4, -0.2) is 13.6 Å². The third-order valence-electron chi connectivity index (χ3n) is 3.84. The molecule has 0 aromatic carbocycles. The molecule has 0 aromatic heterocycles. The standard InChI is InChI=1S/C17H35N/c1-5-11-17(12-6-2)14-10-8-9-13-16(7-3)15-18-4/h8-9,16-18H,5-7,10-15H2,1-4H3. The molecule has 1 N–H and O–H groups in total. The van der Waals surface area contributed by atoms with Gasteiger partial charge in [0.05, 0.1) is 0 Å². The Balaban J connectivity index is 3.72. The molecule has 0 radical (unpaired) electrons. The van der Waals surface area contributed by atoms with Crippen molar-refractivity contribution in [3.05, 3.63) is 12.2 Å². The Kier molecular flexibility index (Phi) is 12.9. The molecule has 1 nitrogen and oxygen atoms in total. The Bertz CT molecular complexity index is 180. The van der Waals surface area contributed by atoms with Crippen LogP contribution < -0.4 is 5.32 Å². The zero-order valence-corrected chi connectivity index (χ0v) is 13.2. The van der Waals surface area contributed by atoms with Crippen molar-refractivity contribution in [3.63, 3.8) is 0 Å². The second-order valence-corrected chi connectivity index (χ2v) is 5.56. The van der Waals surface area contributed by atoms with Crippen molar-refractivity contribution in [1.29, 1.82) is 0 Å². The maximum atomic E-state index is 3.28. The number of hydrogen-bond acceptors (Lipinski definition) is 1. The molecule has 0 fully saturated rings. The summed E-state index contributed by atoms with van der Waals surface area (Å²) in [5, 5.41) is 3.28. The van der Waals surface area contributed by atoms with Crippen LogP contribution in [0.5, 0.6) is 0 Å².